The van der Waals surface area contributed by atoms with Crippen LogP contribution in [0, 0.1) is 5.41 Å². The molecule has 0 fully saturated rings. The molecule has 122 valence electrons. The molecule has 24 heavy (non-hydrogen) atoms. The van der Waals surface area contributed by atoms with Crippen molar-refractivity contribution in [2.24, 2.45) is 0 Å². The van der Waals surface area contributed by atoms with Crippen LogP contribution in [0.15, 0.2) is 58.1 Å². The molecule has 1 unspecified atom stereocenters. The molecule has 0 saturated heterocycles. The van der Waals surface area contributed by atoms with Crippen molar-refractivity contribution in [2.75, 3.05) is 5.32 Å². The number of benzene rings is 1. The summed E-state index contributed by atoms with van der Waals surface area (Å²) in [6, 6.07) is 9.55. The summed E-state index contributed by atoms with van der Waals surface area (Å²) in [5.41, 5.74) is 2.32. The third-order valence-electron chi connectivity index (χ3n) is 3.63. The van der Waals surface area contributed by atoms with E-state index in [1.807, 2.05) is 37.3 Å². The summed E-state index contributed by atoms with van der Waals surface area (Å²) in [7, 11) is 0. The number of H-pyrrole nitrogens is 1. The fourth-order valence-electron chi connectivity index (χ4n) is 2.23. The first-order chi connectivity index (χ1) is 11.5. The van der Waals surface area contributed by atoms with Gasteiger partial charge in [-0.1, -0.05) is 24.3 Å². The van der Waals surface area contributed by atoms with Crippen molar-refractivity contribution in [3.05, 3.63) is 68.5 Å². The molecule has 0 saturated carbocycles. The summed E-state index contributed by atoms with van der Waals surface area (Å²) >= 11 is 4.52. The van der Waals surface area contributed by atoms with E-state index < -0.39 is 0 Å². The van der Waals surface area contributed by atoms with Crippen molar-refractivity contribution < 1.29 is 0 Å². The molecular formula is C17H15BrN4OS. The predicted molar refractivity (Wildman–Crippen MR) is 103 cm³/mol. The second kappa shape index (κ2) is 7.11. The van der Waals surface area contributed by atoms with Crippen LogP contribution in [0.2, 0.25) is 0 Å². The van der Waals surface area contributed by atoms with E-state index in [1.165, 1.54) is 11.3 Å². The van der Waals surface area contributed by atoms with Crippen molar-refractivity contribution in [1.29, 1.82) is 5.41 Å². The van der Waals surface area contributed by atoms with E-state index in [-0.39, 0.29) is 10.8 Å². The van der Waals surface area contributed by atoms with Gasteiger partial charge in [-0.25, -0.2) is 4.98 Å². The van der Waals surface area contributed by atoms with Gasteiger partial charge in [0.25, 0.3) is 0 Å². The SMILES string of the molecule is CC(C(=N)/C=C\Nc1ccc(Br)cn1)c1ccc2[nH]c(=O)sc2c1. The van der Waals surface area contributed by atoms with Gasteiger partial charge >= 0.3 is 4.87 Å². The Balaban J connectivity index is 1.69. The van der Waals surface area contributed by atoms with Gasteiger partial charge in [0, 0.05) is 28.5 Å². The monoisotopic (exact) mass is 402 g/mol. The van der Waals surface area contributed by atoms with Crippen molar-refractivity contribution in [2.45, 2.75) is 12.8 Å². The van der Waals surface area contributed by atoms with Crippen LogP contribution < -0.4 is 10.2 Å². The third-order valence-corrected chi connectivity index (χ3v) is 4.95. The molecule has 1 aromatic carbocycles. The van der Waals surface area contributed by atoms with Gasteiger partial charge in [0.2, 0.25) is 0 Å². The summed E-state index contributed by atoms with van der Waals surface area (Å²) in [5, 5.41) is 11.3. The minimum Gasteiger partial charge on any atom is -0.347 e. The zero-order valence-electron chi connectivity index (χ0n) is 12.8. The normalized spacial score (nSPS) is 12.6. The van der Waals surface area contributed by atoms with Crippen molar-refractivity contribution in [3.8, 4) is 0 Å². The van der Waals surface area contributed by atoms with Crippen LogP contribution in [0.4, 0.5) is 5.82 Å². The molecule has 3 rings (SSSR count). The van der Waals surface area contributed by atoms with Crippen LogP contribution in [-0.2, 0) is 0 Å². The lowest BCUT2D eigenvalue weighted by Gasteiger charge is -2.10. The number of nitrogens with zero attached hydrogens (tertiary/aromatic N) is 1. The first kappa shape index (κ1) is 16.6. The van der Waals surface area contributed by atoms with E-state index in [2.05, 4.69) is 31.2 Å². The minimum absolute atomic E-state index is 0.0593. The van der Waals surface area contributed by atoms with Gasteiger partial charge in [0.1, 0.15) is 5.82 Å². The largest absolute Gasteiger partial charge is 0.347 e. The summed E-state index contributed by atoms with van der Waals surface area (Å²) < 4.78 is 1.83. The molecular weight excluding hydrogens is 388 g/mol. The number of pyridine rings is 1. The number of fused-ring (bicyclic) bond motifs is 1. The summed E-state index contributed by atoms with van der Waals surface area (Å²) in [4.78, 5) is 18.3. The van der Waals surface area contributed by atoms with Crippen LogP contribution in [0.25, 0.3) is 10.2 Å². The zero-order valence-corrected chi connectivity index (χ0v) is 15.2. The van der Waals surface area contributed by atoms with Gasteiger partial charge in [-0.3, -0.25) is 4.79 Å². The Morgan fingerprint density at radius 2 is 2.25 bits per heavy atom. The molecule has 5 nitrogen and oxygen atoms in total. The number of rotatable bonds is 5. The molecule has 7 heteroatoms. The molecule has 0 amide bonds. The number of nitrogens with one attached hydrogen (secondary N) is 3. The first-order valence-electron chi connectivity index (χ1n) is 7.29. The van der Waals surface area contributed by atoms with E-state index in [0.717, 1.165) is 20.3 Å². The minimum atomic E-state index is -0.0671. The second-order valence-corrected chi connectivity index (χ2v) is 7.22. The summed E-state index contributed by atoms with van der Waals surface area (Å²) in [6.07, 6.45) is 5.14. The number of halogens is 1. The van der Waals surface area contributed by atoms with Crippen LogP contribution in [0.1, 0.15) is 18.4 Å². The average Bonchev–Trinajstić information content (AvgIpc) is 2.95. The zero-order chi connectivity index (χ0) is 17.1. The molecule has 3 aromatic rings. The fourth-order valence-corrected chi connectivity index (χ4v) is 3.25. The van der Waals surface area contributed by atoms with Crippen LogP contribution in [0.3, 0.4) is 0 Å². The maximum absolute atomic E-state index is 11.4. The maximum atomic E-state index is 11.4. The second-order valence-electron chi connectivity index (χ2n) is 5.29. The Morgan fingerprint density at radius 1 is 1.42 bits per heavy atom. The van der Waals surface area contributed by atoms with E-state index in [0.29, 0.717) is 11.5 Å². The number of aromatic nitrogens is 2. The van der Waals surface area contributed by atoms with Gasteiger partial charge in [0.05, 0.1) is 10.2 Å². The van der Waals surface area contributed by atoms with Crippen LogP contribution in [-0.4, -0.2) is 15.7 Å². The highest BCUT2D eigenvalue weighted by atomic mass is 79.9. The highest BCUT2D eigenvalue weighted by Crippen LogP contribution is 2.23. The number of allylic oxidation sites excluding steroid dienone is 1. The standard InChI is InChI=1S/C17H15BrN4OS/c1-10(11-2-4-14-15(8-11)24-17(23)22-14)13(19)6-7-20-16-5-3-12(18)9-21-16/h2-10,19H,1H3,(H,20,21)(H,22,23)/b7-6-,19-13?. The lowest BCUT2D eigenvalue weighted by molar-refractivity contribution is 1.02. The average molecular weight is 403 g/mol. The van der Waals surface area contributed by atoms with Crippen LogP contribution >= 0.6 is 27.3 Å². The van der Waals surface area contributed by atoms with E-state index in [1.54, 1.807) is 18.5 Å². The number of hydrogen-bond donors (Lipinski definition) is 3. The highest BCUT2D eigenvalue weighted by Gasteiger charge is 2.11. The van der Waals surface area contributed by atoms with Crippen molar-refractivity contribution >= 4 is 49.0 Å². The molecule has 2 heterocycles. The first-order valence-corrected chi connectivity index (χ1v) is 8.90. The molecule has 0 aliphatic rings. The molecule has 0 bridgehead atoms. The topological polar surface area (TPSA) is 81.6 Å². The number of aromatic amines is 1. The highest BCUT2D eigenvalue weighted by molar-refractivity contribution is 9.10. The third kappa shape index (κ3) is 3.80. The predicted octanol–water partition coefficient (Wildman–Crippen LogP) is 4.50. The molecule has 1 atom stereocenters. The molecule has 0 aliphatic carbocycles. The fraction of sp³-hybridized carbons (Fsp3) is 0.118. The van der Waals surface area contributed by atoms with E-state index in [4.69, 9.17) is 5.41 Å². The smallest absolute Gasteiger partial charge is 0.305 e. The Kier molecular flexibility index (Phi) is 4.92. The lowest BCUT2D eigenvalue weighted by atomic mass is 9.96. The Hall–Kier alpha value is -2.25. The Morgan fingerprint density at radius 3 is 3.00 bits per heavy atom. The Bertz CT molecular complexity index is 959. The summed E-state index contributed by atoms with van der Waals surface area (Å²) in [5.74, 6) is 0.649. The van der Waals surface area contributed by atoms with Crippen molar-refractivity contribution in [3.63, 3.8) is 0 Å². The molecule has 0 aliphatic heterocycles. The molecule has 3 N–H and O–H groups in total. The Labute approximate surface area is 151 Å². The van der Waals surface area contributed by atoms with Gasteiger partial charge < -0.3 is 15.7 Å². The number of thiazole rings is 1. The number of hydrogen-bond acceptors (Lipinski definition) is 5. The van der Waals surface area contributed by atoms with Gasteiger partial charge in [-0.05, 0) is 51.8 Å². The molecule has 0 radical (unpaired) electrons. The van der Waals surface area contributed by atoms with E-state index >= 15 is 0 Å². The van der Waals surface area contributed by atoms with Gasteiger partial charge in [-0.2, -0.15) is 0 Å². The molecule has 2 aromatic heterocycles. The van der Waals surface area contributed by atoms with Gasteiger partial charge in [0.15, 0.2) is 0 Å². The van der Waals surface area contributed by atoms with E-state index in [9.17, 15) is 4.79 Å². The lowest BCUT2D eigenvalue weighted by Crippen LogP contribution is -2.05. The van der Waals surface area contributed by atoms with Crippen molar-refractivity contribution in [1.82, 2.24) is 9.97 Å². The maximum Gasteiger partial charge on any atom is 0.305 e. The number of anilines is 1. The quantitative estimate of drug-likeness (QED) is 0.549. The summed E-state index contributed by atoms with van der Waals surface area (Å²) in [6.45, 7) is 1.97. The van der Waals surface area contributed by atoms with Gasteiger partial charge in [-0.15, -0.1) is 0 Å². The van der Waals surface area contributed by atoms with Crippen LogP contribution in [0.5, 0.6) is 0 Å². The molecule has 0 spiro atoms.